The van der Waals surface area contributed by atoms with Crippen molar-refractivity contribution in [1.29, 1.82) is 0 Å². The summed E-state index contributed by atoms with van der Waals surface area (Å²) in [5.74, 6) is 0.0691. The summed E-state index contributed by atoms with van der Waals surface area (Å²) < 4.78 is 5.91. The second kappa shape index (κ2) is 6.37. The zero-order valence-electron chi connectivity index (χ0n) is 14.1. The molecule has 1 aromatic rings. The summed E-state index contributed by atoms with van der Waals surface area (Å²) in [5, 5.41) is 13.5. The smallest absolute Gasteiger partial charge is 0.225 e. The van der Waals surface area contributed by atoms with Crippen LogP contribution in [-0.2, 0) is 16.1 Å². The summed E-state index contributed by atoms with van der Waals surface area (Å²) >= 11 is 1.68. The predicted molar refractivity (Wildman–Crippen MR) is 90.8 cm³/mol. The SMILES string of the molecule is Cc1nc(CN2CCO[C@H]3CN(C(=O)CC4(O)CCC4)C[C@H]32)cs1. The first-order chi connectivity index (χ1) is 11.5. The van der Waals surface area contributed by atoms with Gasteiger partial charge in [-0.1, -0.05) is 0 Å². The van der Waals surface area contributed by atoms with Crippen molar-refractivity contribution in [3.05, 3.63) is 16.1 Å². The van der Waals surface area contributed by atoms with E-state index in [9.17, 15) is 9.90 Å². The van der Waals surface area contributed by atoms with E-state index in [1.807, 2.05) is 11.8 Å². The van der Waals surface area contributed by atoms with Crippen molar-refractivity contribution in [2.45, 2.75) is 56.9 Å². The zero-order chi connectivity index (χ0) is 16.7. The van der Waals surface area contributed by atoms with Crippen LogP contribution in [0.2, 0.25) is 0 Å². The number of fused-ring (bicyclic) bond motifs is 1. The van der Waals surface area contributed by atoms with Crippen molar-refractivity contribution in [3.8, 4) is 0 Å². The first kappa shape index (κ1) is 16.4. The number of rotatable bonds is 4. The van der Waals surface area contributed by atoms with E-state index in [2.05, 4.69) is 15.3 Å². The van der Waals surface area contributed by atoms with Gasteiger partial charge in [0.15, 0.2) is 0 Å². The Morgan fingerprint density at radius 3 is 3.00 bits per heavy atom. The van der Waals surface area contributed by atoms with E-state index >= 15 is 0 Å². The minimum Gasteiger partial charge on any atom is -0.389 e. The first-order valence-corrected chi connectivity index (χ1v) is 9.67. The fourth-order valence-electron chi connectivity index (χ4n) is 4.00. The molecule has 2 aliphatic heterocycles. The Hall–Kier alpha value is -1.02. The molecule has 0 unspecified atom stereocenters. The standard InChI is InChI=1S/C17H25N3O3S/c1-12-18-13(11-24-12)8-19-5-6-23-15-10-20(9-14(15)19)16(21)7-17(22)3-2-4-17/h11,14-15,22H,2-10H2,1H3/t14-,15+/m1/s1. The zero-order valence-corrected chi connectivity index (χ0v) is 14.9. The summed E-state index contributed by atoms with van der Waals surface area (Å²) in [6, 6.07) is 0.237. The number of hydrogen-bond acceptors (Lipinski definition) is 6. The van der Waals surface area contributed by atoms with Crippen molar-refractivity contribution in [3.63, 3.8) is 0 Å². The van der Waals surface area contributed by atoms with E-state index in [-0.39, 0.29) is 24.5 Å². The number of morpholine rings is 1. The van der Waals surface area contributed by atoms with Gasteiger partial charge in [-0.3, -0.25) is 9.69 Å². The first-order valence-electron chi connectivity index (χ1n) is 8.79. The average molecular weight is 351 g/mol. The van der Waals surface area contributed by atoms with Gasteiger partial charge in [-0.2, -0.15) is 0 Å². The minimum absolute atomic E-state index is 0.0691. The number of amides is 1. The third kappa shape index (κ3) is 3.22. The van der Waals surface area contributed by atoms with Gasteiger partial charge in [-0.05, 0) is 26.2 Å². The van der Waals surface area contributed by atoms with Crippen LogP contribution in [0.1, 0.15) is 36.4 Å². The number of thiazole rings is 1. The van der Waals surface area contributed by atoms with Crippen LogP contribution in [0.3, 0.4) is 0 Å². The lowest BCUT2D eigenvalue weighted by molar-refractivity contribution is -0.139. The number of aromatic nitrogens is 1. The summed E-state index contributed by atoms with van der Waals surface area (Å²) in [4.78, 5) is 21.4. The Bertz CT molecular complexity index is 616. The third-order valence-electron chi connectivity index (χ3n) is 5.57. The average Bonchev–Trinajstić information content (AvgIpc) is 3.12. The molecule has 1 amide bonds. The Labute approximate surface area is 146 Å². The number of carbonyl (C=O) groups excluding carboxylic acids is 1. The molecule has 6 nitrogen and oxygen atoms in total. The molecule has 7 heteroatoms. The molecule has 0 bridgehead atoms. The highest BCUT2D eigenvalue weighted by Crippen LogP contribution is 2.36. The molecule has 1 N–H and O–H groups in total. The fourth-order valence-corrected chi connectivity index (χ4v) is 4.61. The molecule has 4 rings (SSSR count). The molecule has 1 aromatic heterocycles. The maximum absolute atomic E-state index is 12.5. The molecule has 2 atom stereocenters. The van der Waals surface area contributed by atoms with Crippen LogP contribution in [0.5, 0.6) is 0 Å². The number of aliphatic hydroxyl groups is 1. The van der Waals surface area contributed by atoms with Crippen LogP contribution in [0.25, 0.3) is 0 Å². The Morgan fingerprint density at radius 2 is 2.33 bits per heavy atom. The molecular weight excluding hydrogens is 326 g/mol. The van der Waals surface area contributed by atoms with Gasteiger partial charge in [0, 0.05) is 31.6 Å². The number of nitrogens with zero attached hydrogens (tertiary/aromatic N) is 3. The molecule has 0 radical (unpaired) electrons. The molecule has 132 valence electrons. The van der Waals surface area contributed by atoms with Crippen molar-refractivity contribution < 1.29 is 14.6 Å². The Kier molecular flexibility index (Phi) is 4.36. The van der Waals surface area contributed by atoms with E-state index in [4.69, 9.17) is 4.74 Å². The maximum atomic E-state index is 12.5. The number of aryl methyl sites for hydroxylation is 1. The molecule has 0 aromatic carbocycles. The van der Waals surface area contributed by atoms with Crippen LogP contribution in [0, 0.1) is 6.92 Å². The van der Waals surface area contributed by atoms with Gasteiger partial charge in [0.05, 0.1) is 41.5 Å². The topological polar surface area (TPSA) is 65.9 Å². The monoisotopic (exact) mass is 351 g/mol. The number of ether oxygens (including phenoxy) is 1. The normalized spacial score (nSPS) is 29.3. The second-order valence-electron chi connectivity index (χ2n) is 7.36. The lowest BCUT2D eigenvalue weighted by Gasteiger charge is -2.37. The molecule has 3 fully saturated rings. The maximum Gasteiger partial charge on any atom is 0.225 e. The van der Waals surface area contributed by atoms with Crippen LogP contribution in [-0.4, -0.2) is 69.8 Å². The molecule has 1 aliphatic carbocycles. The summed E-state index contributed by atoms with van der Waals surface area (Å²) in [6.07, 6.45) is 2.88. The van der Waals surface area contributed by atoms with Gasteiger partial charge in [0.2, 0.25) is 5.91 Å². The van der Waals surface area contributed by atoms with Gasteiger partial charge >= 0.3 is 0 Å². The molecule has 3 aliphatic rings. The molecule has 24 heavy (non-hydrogen) atoms. The van der Waals surface area contributed by atoms with E-state index in [1.54, 1.807) is 11.3 Å². The van der Waals surface area contributed by atoms with Gasteiger partial charge in [-0.15, -0.1) is 11.3 Å². The molecule has 1 saturated carbocycles. The highest BCUT2D eigenvalue weighted by molar-refractivity contribution is 7.09. The number of carbonyl (C=O) groups is 1. The van der Waals surface area contributed by atoms with Crippen LogP contribution in [0.4, 0.5) is 0 Å². The van der Waals surface area contributed by atoms with Crippen molar-refractivity contribution in [2.75, 3.05) is 26.2 Å². The minimum atomic E-state index is -0.747. The van der Waals surface area contributed by atoms with Crippen molar-refractivity contribution >= 4 is 17.2 Å². The van der Waals surface area contributed by atoms with E-state index in [0.29, 0.717) is 19.7 Å². The lowest BCUT2D eigenvalue weighted by atomic mass is 9.77. The van der Waals surface area contributed by atoms with Gasteiger partial charge < -0.3 is 14.7 Å². The number of likely N-dealkylation sites (tertiary alicyclic amines) is 1. The van der Waals surface area contributed by atoms with Crippen LogP contribution in [0.15, 0.2) is 5.38 Å². The quantitative estimate of drug-likeness (QED) is 0.882. The summed E-state index contributed by atoms with van der Waals surface area (Å²) in [6.45, 7) is 5.77. The van der Waals surface area contributed by atoms with Crippen LogP contribution < -0.4 is 0 Å². The summed E-state index contributed by atoms with van der Waals surface area (Å²) in [5.41, 5.74) is 0.357. The third-order valence-corrected chi connectivity index (χ3v) is 6.39. The van der Waals surface area contributed by atoms with Crippen molar-refractivity contribution in [2.24, 2.45) is 0 Å². The van der Waals surface area contributed by atoms with Crippen LogP contribution >= 0.6 is 11.3 Å². The lowest BCUT2D eigenvalue weighted by Crippen LogP contribution is -2.50. The van der Waals surface area contributed by atoms with E-state index < -0.39 is 5.60 Å². The molecule has 0 spiro atoms. The highest BCUT2D eigenvalue weighted by Gasteiger charge is 2.44. The van der Waals surface area contributed by atoms with Gasteiger partial charge in [0.25, 0.3) is 0 Å². The number of hydrogen-bond donors (Lipinski definition) is 1. The molecular formula is C17H25N3O3S. The van der Waals surface area contributed by atoms with E-state index in [0.717, 1.165) is 43.1 Å². The summed E-state index contributed by atoms with van der Waals surface area (Å²) in [7, 11) is 0. The van der Waals surface area contributed by atoms with Gasteiger partial charge in [0.1, 0.15) is 0 Å². The largest absolute Gasteiger partial charge is 0.389 e. The Balaban J connectivity index is 1.39. The van der Waals surface area contributed by atoms with E-state index in [1.165, 1.54) is 0 Å². The highest BCUT2D eigenvalue weighted by atomic mass is 32.1. The molecule has 2 saturated heterocycles. The Morgan fingerprint density at radius 1 is 1.50 bits per heavy atom. The van der Waals surface area contributed by atoms with Gasteiger partial charge in [-0.25, -0.2) is 4.98 Å². The molecule has 3 heterocycles. The van der Waals surface area contributed by atoms with Crippen molar-refractivity contribution in [1.82, 2.24) is 14.8 Å². The predicted octanol–water partition coefficient (Wildman–Crippen LogP) is 1.17. The second-order valence-corrected chi connectivity index (χ2v) is 8.42. The fraction of sp³-hybridized carbons (Fsp3) is 0.765.